The van der Waals surface area contributed by atoms with Crippen LogP contribution in [0.4, 0.5) is 0 Å². The van der Waals surface area contributed by atoms with Crippen LogP contribution in [0.15, 0.2) is 5.38 Å². The Kier molecular flexibility index (Phi) is 12.5. The molecule has 0 aromatic carbocycles. The van der Waals surface area contributed by atoms with E-state index >= 15 is 0 Å². The molecule has 0 aliphatic carbocycles. The van der Waals surface area contributed by atoms with Gasteiger partial charge in [0.1, 0.15) is 17.2 Å². The number of hydrogen-bond acceptors (Lipinski definition) is 7. The van der Waals surface area contributed by atoms with E-state index in [0.717, 1.165) is 56.4 Å². The molecule has 0 radical (unpaired) electrons. The van der Waals surface area contributed by atoms with E-state index in [4.69, 9.17) is 0 Å². The average molecular weight is 539 g/mol. The molecule has 1 aliphatic heterocycles. The lowest BCUT2D eigenvalue weighted by molar-refractivity contribution is -0.143. The van der Waals surface area contributed by atoms with E-state index in [1.54, 1.807) is 0 Å². The zero-order valence-electron chi connectivity index (χ0n) is 23.3. The van der Waals surface area contributed by atoms with Crippen molar-refractivity contribution in [2.24, 2.45) is 11.8 Å². The van der Waals surface area contributed by atoms with Crippen molar-refractivity contribution in [1.29, 1.82) is 0 Å². The van der Waals surface area contributed by atoms with E-state index in [1.807, 2.05) is 46.6 Å². The summed E-state index contributed by atoms with van der Waals surface area (Å²) in [6.07, 6.45) is 4.38. The van der Waals surface area contributed by atoms with E-state index in [9.17, 15) is 24.6 Å². The van der Waals surface area contributed by atoms with Crippen LogP contribution in [0.1, 0.15) is 101 Å². The predicted molar refractivity (Wildman–Crippen MR) is 146 cm³/mol. The Bertz CT molecular complexity index is 888. The van der Waals surface area contributed by atoms with Gasteiger partial charge in [0.05, 0.1) is 6.04 Å². The highest BCUT2D eigenvalue weighted by Gasteiger charge is 2.38. The molecule has 1 saturated heterocycles. The third kappa shape index (κ3) is 8.22. The van der Waals surface area contributed by atoms with Gasteiger partial charge in [0.15, 0.2) is 5.69 Å². The number of amides is 2. The highest BCUT2D eigenvalue weighted by atomic mass is 32.1. The summed E-state index contributed by atoms with van der Waals surface area (Å²) in [5.41, 5.74) is -0.0918. The molecule has 2 amide bonds. The number of aromatic carboxylic acids is 1. The number of hydrogen-bond donors (Lipinski definition) is 3. The molecule has 10 heteroatoms. The van der Waals surface area contributed by atoms with Crippen LogP contribution in [0.25, 0.3) is 0 Å². The van der Waals surface area contributed by atoms with Gasteiger partial charge in [-0.25, -0.2) is 9.78 Å². The number of carboxylic acids is 1. The van der Waals surface area contributed by atoms with Crippen LogP contribution in [0.5, 0.6) is 0 Å². The molecular weight excluding hydrogens is 492 g/mol. The van der Waals surface area contributed by atoms with E-state index in [2.05, 4.69) is 15.2 Å². The van der Waals surface area contributed by atoms with Crippen molar-refractivity contribution in [2.45, 2.75) is 104 Å². The first-order valence-corrected chi connectivity index (χ1v) is 14.6. The number of likely N-dealkylation sites (N-methyl/N-ethyl adjacent to an activating group) is 1. The van der Waals surface area contributed by atoms with Gasteiger partial charge in [-0.2, -0.15) is 0 Å². The van der Waals surface area contributed by atoms with E-state index < -0.39 is 18.1 Å². The highest BCUT2D eigenvalue weighted by molar-refractivity contribution is 7.09. The molecule has 9 nitrogen and oxygen atoms in total. The number of nitrogens with zero attached hydrogens (tertiary/aromatic N) is 3. The van der Waals surface area contributed by atoms with Gasteiger partial charge < -0.3 is 20.4 Å². The van der Waals surface area contributed by atoms with Crippen LogP contribution in [0.2, 0.25) is 0 Å². The van der Waals surface area contributed by atoms with Crippen molar-refractivity contribution in [3.8, 4) is 0 Å². The normalized spacial score (nSPS) is 19.0. The molecule has 1 aromatic heterocycles. The number of likely N-dealkylation sites (tertiary alicyclic amines) is 1. The van der Waals surface area contributed by atoms with Crippen molar-refractivity contribution in [3.63, 3.8) is 0 Å². The maximum Gasteiger partial charge on any atom is 0.355 e. The van der Waals surface area contributed by atoms with Crippen molar-refractivity contribution in [3.05, 3.63) is 16.1 Å². The summed E-state index contributed by atoms with van der Waals surface area (Å²) < 4.78 is 0. The molecule has 2 heterocycles. The first-order chi connectivity index (χ1) is 17.5. The third-order valence-electron chi connectivity index (χ3n) is 7.57. The first kappa shape index (κ1) is 31.2. The second kappa shape index (κ2) is 14.8. The van der Waals surface area contributed by atoms with Crippen LogP contribution in [0.3, 0.4) is 0 Å². The Balaban J connectivity index is 2.31. The van der Waals surface area contributed by atoms with Gasteiger partial charge in [-0.3, -0.25) is 14.5 Å². The van der Waals surface area contributed by atoms with E-state index in [1.165, 1.54) is 5.38 Å². The second-order valence-electron chi connectivity index (χ2n) is 10.5. The minimum absolute atomic E-state index is 0.000439. The minimum atomic E-state index is -1.13. The summed E-state index contributed by atoms with van der Waals surface area (Å²) in [7, 11) is 1.96. The van der Waals surface area contributed by atoms with Gasteiger partial charge >= 0.3 is 5.97 Å². The van der Waals surface area contributed by atoms with Gasteiger partial charge in [0.25, 0.3) is 0 Å². The van der Waals surface area contributed by atoms with Crippen LogP contribution >= 0.6 is 11.3 Å². The molecule has 1 aliphatic rings. The van der Waals surface area contributed by atoms with Crippen molar-refractivity contribution < 1.29 is 24.6 Å². The number of rotatable bonds is 14. The van der Waals surface area contributed by atoms with Crippen molar-refractivity contribution in [2.75, 3.05) is 20.1 Å². The Hall–Kier alpha value is -2.04. The maximum absolute atomic E-state index is 14.2. The number of carbonyl (C=O) groups is 3. The van der Waals surface area contributed by atoms with Crippen LogP contribution in [-0.2, 0) is 9.59 Å². The van der Waals surface area contributed by atoms with E-state index in [0.29, 0.717) is 11.6 Å². The third-order valence-corrected chi connectivity index (χ3v) is 8.51. The Morgan fingerprint density at radius 3 is 2.41 bits per heavy atom. The number of carbonyl (C=O) groups excluding carboxylic acids is 2. The standard InChI is InChI=1S/C27H46N4O5S/c1-7-13-31(21(17(4)5)15-22(32)25-28-19(16-37-25)27(35)36)26(34)23(18(8-2)9-3)29-24(33)20-12-10-11-14-30(20)6/h16-18,20-23,32H,7-15H2,1-6H3,(H,29,33)(H,35,36)/t20?,21-,22-,23?/m1/s1. The number of piperidine rings is 1. The molecule has 37 heavy (non-hydrogen) atoms. The molecule has 4 atom stereocenters. The maximum atomic E-state index is 14.2. The predicted octanol–water partition coefficient (Wildman–Crippen LogP) is 3.93. The molecule has 1 aromatic rings. The average Bonchev–Trinajstić information content (AvgIpc) is 3.37. The van der Waals surface area contributed by atoms with Gasteiger partial charge in [0.2, 0.25) is 11.8 Å². The Morgan fingerprint density at radius 2 is 1.89 bits per heavy atom. The summed E-state index contributed by atoms with van der Waals surface area (Å²) in [5.74, 6) is -1.30. The number of carboxylic acid groups (broad SMARTS) is 1. The van der Waals surface area contributed by atoms with Crippen molar-refractivity contribution in [1.82, 2.24) is 20.1 Å². The van der Waals surface area contributed by atoms with Crippen LogP contribution in [-0.4, -0.2) is 81.0 Å². The number of aromatic nitrogens is 1. The summed E-state index contributed by atoms with van der Waals surface area (Å²) >= 11 is 1.11. The summed E-state index contributed by atoms with van der Waals surface area (Å²) in [4.78, 5) is 46.7. The zero-order chi connectivity index (χ0) is 27.7. The smallest absolute Gasteiger partial charge is 0.355 e. The topological polar surface area (TPSA) is 123 Å². The number of thiazole rings is 1. The first-order valence-electron chi connectivity index (χ1n) is 13.7. The monoisotopic (exact) mass is 538 g/mol. The molecule has 0 spiro atoms. The van der Waals surface area contributed by atoms with Gasteiger partial charge in [-0.1, -0.05) is 53.9 Å². The molecule has 1 fully saturated rings. The molecule has 2 rings (SSSR count). The van der Waals surface area contributed by atoms with Gasteiger partial charge in [-0.15, -0.1) is 11.3 Å². The van der Waals surface area contributed by atoms with Crippen LogP contribution < -0.4 is 5.32 Å². The molecule has 2 unspecified atom stereocenters. The molecular formula is C27H46N4O5S. The quantitative estimate of drug-likeness (QED) is 0.328. The highest BCUT2D eigenvalue weighted by Crippen LogP contribution is 2.29. The minimum Gasteiger partial charge on any atom is -0.476 e. The number of nitrogens with one attached hydrogen (secondary N) is 1. The second-order valence-corrected chi connectivity index (χ2v) is 11.4. The van der Waals surface area contributed by atoms with E-state index in [-0.39, 0.29) is 47.8 Å². The zero-order valence-corrected chi connectivity index (χ0v) is 24.1. The Labute approximate surface area is 225 Å². The van der Waals surface area contributed by atoms with Gasteiger partial charge in [-0.05, 0) is 44.7 Å². The summed E-state index contributed by atoms with van der Waals surface area (Å²) in [6.45, 7) is 11.5. The number of aliphatic hydroxyl groups excluding tert-OH is 1. The summed E-state index contributed by atoms with van der Waals surface area (Å²) in [6, 6.07) is -1.17. The largest absolute Gasteiger partial charge is 0.476 e. The van der Waals surface area contributed by atoms with Crippen LogP contribution in [0, 0.1) is 11.8 Å². The van der Waals surface area contributed by atoms with Gasteiger partial charge in [0, 0.05) is 24.4 Å². The lowest BCUT2D eigenvalue weighted by Gasteiger charge is -2.40. The molecule has 3 N–H and O–H groups in total. The van der Waals surface area contributed by atoms with Crippen molar-refractivity contribution >= 4 is 29.1 Å². The lowest BCUT2D eigenvalue weighted by atomic mass is 9.89. The molecule has 210 valence electrons. The number of aliphatic hydroxyl groups is 1. The fourth-order valence-electron chi connectivity index (χ4n) is 5.28. The fraction of sp³-hybridized carbons (Fsp3) is 0.778. The molecule has 0 bridgehead atoms. The SMILES string of the molecule is CCCN(C(=O)C(NC(=O)C1CCCCN1C)C(CC)CC)[C@H](C[C@@H](O)c1nc(C(=O)O)cs1)C(C)C. The lowest BCUT2D eigenvalue weighted by Crippen LogP contribution is -2.59. The Morgan fingerprint density at radius 1 is 1.22 bits per heavy atom. The summed E-state index contributed by atoms with van der Waals surface area (Å²) in [5, 5.41) is 25.0. The fourth-order valence-corrected chi connectivity index (χ4v) is 6.07. The molecule has 0 saturated carbocycles.